The third-order valence-corrected chi connectivity index (χ3v) is 6.67. The van der Waals surface area contributed by atoms with E-state index in [9.17, 15) is 14.0 Å². The van der Waals surface area contributed by atoms with Gasteiger partial charge in [0.1, 0.15) is 10.8 Å². The van der Waals surface area contributed by atoms with Gasteiger partial charge in [0.15, 0.2) is 5.78 Å². The number of halogens is 1. The third-order valence-electron chi connectivity index (χ3n) is 5.79. The van der Waals surface area contributed by atoms with Crippen LogP contribution in [0.4, 0.5) is 10.1 Å². The Kier molecular flexibility index (Phi) is 6.52. The van der Waals surface area contributed by atoms with Crippen molar-refractivity contribution in [2.24, 2.45) is 0 Å². The number of carbonyl (C=O) groups is 2. The van der Waals surface area contributed by atoms with Gasteiger partial charge in [-0.15, -0.1) is 11.3 Å². The minimum Gasteiger partial charge on any atom is -0.321 e. The molecule has 0 saturated heterocycles. The van der Waals surface area contributed by atoms with Crippen LogP contribution in [0.5, 0.6) is 0 Å². The van der Waals surface area contributed by atoms with E-state index >= 15 is 0 Å². The van der Waals surface area contributed by atoms with Crippen LogP contribution in [-0.4, -0.2) is 16.7 Å². The van der Waals surface area contributed by atoms with Gasteiger partial charge in [0, 0.05) is 27.6 Å². The largest absolute Gasteiger partial charge is 0.321 e. The monoisotopic (exact) mass is 492 g/mol. The summed E-state index contributed by atoms with van der Waals surface area (Å²) in [6.45, 7) is 1.95. The van der Waals surface area contributed by atoms with Crippen molar-refractivity contribution < 1.29 is 14.0 Å². The van der Waals surface area contributed by atoms with Crippen molar-refractivity contribution in [2.45, 2.75) is 6.92 Å². The van der Waals surface area contributed by atoms with E-state index in [1.54, 1.807) is 60.7 Å². The van der Waals surface area contributed by atoms with E-state index in [2.05, 4.69) is 10.3 Å². The Bertz CT molecular complexity index is 1570. The Morgan fingerprint density at radius 3 is 2.17 bits per heavy atom. The molecule has 5 rings (SSSR count). The number of anilines is 1. The highest BCUT2D eigenvalue weighted by Gasteiger charge is 2.20. The van der Waals surface area contributed by atoms with Crippen molar-refractivity contribution in [2.75, 3.05) is 5.32 Å². The quantitative estimate of drug-likeness (QED) is 0.251. The average molecular weight is 493 g/mol. The summed E-state index contributed by atoms with van der Waals surface area (Å²) in [6, 6.07) is 27.8. The van der Waals surface area contributed by atoms with Crippen LogP contribution in [0.3, 0.4) is 0 Å². The molecule has 6 heteroatoms. The molecule has 1 amide bonds. The summed E-state index contributed by atoms with van der Waals surface area (Å²) in [6.07, 6.45) is 0. The van der Waals surface area contributed by atoms with Gasteiger partial charge in [0.2, 0.25) is 0 Å². The molecule has 0 atom stereocenters. The molecular weight excluding hydrogens is 471 g/mol. The van der Waals surface area contributed by atoms with Gasteiger partial charge in [-0.05, 0) is 31.2 Å². The fourth-order valence-electron chi connectivity index (χ4n) is 3.90. The molecule has 5 aromatic rings. The maximum atomic E-state index is 14.3. The predicted octanol–water partition coefficient (Wildman–Crippen LogP) is 7.41. The topological polar surface area (TPSA) is 59.1 Å². The van der Waals surface area contributed by atoms with Crippen LogP contribution < -0.4 is 5.32 Å². The summed E-state index contributed by atoms with van der Waals surface area (Å²) in [5.74, 6) is -0.957. The zero-order chi connectivity index (χ0) is 25.1. The number of ketones is 1. The molecule has 1 aromatic heterocycles. The highest BCUT2D eigenvalue weighted by Crippen LogP contribution is 2.34. The number of hydrogen-bond donors (Lipinski definition) is 1. The van der Waals surface area contributed by atoms with E-state index in [0.717, 1.165) is 5.56 Å². The molecule has 36 heavy (non-hydrogen) atoms. The molecule has 0 bridgehead atoms. The number of para-hydroxylation sites is 1. The number of carbonyl (C=O) groups excluding carboxylic acids is 2. The molecule has 4 aromatic carbocycles. The highest BCUT2D eigenvalue weighted by molar-refractivity contribution is 7.13. The summed E-state index contributed by atoms with van der Waals surface area (Å²) < 4.78 is 14.3. The lowest BCUT2D eigenvalue weighted by molar-refractivity contribution is 0.0996. The number of aromatic nitrogens is 1. The molecule has 176 valence electrons. The number of rotatable bonds is 6. The zero-order valence-corrected chi connectivity index (χ0v) is 20.2. The minimum atomic E-state index is -0.400. The number of nitrogens with one attached hydrogen (secondary N) is 1. The lowest BCUT2D eigenvalue weighted by atomic mass is 9.97. The van der Waals surface area contributed by atoms with Crippen LogP contribution in [0.25, 0.3) is 21.8 Å². The Morgan fingerprint density at radius 1 is 0.778 bits per heavy atom. The molecule has 0 fully saturated rings. The van der Waals surface area contributed by atoms with E-state index in [1.807, 2.05) is 42.6 Å². The Labute approximate surface area is 212 Å². The summed E-state index contributed by atoms with van der Waals surface area (Å²) in [5, 5.41) is 5.33. The van der Waals surface area contributed by atoms with Crippen LogP contribution in [0.2, 0.25) is 0 Å². The first-order valence-electron chi connectivity index (χ1n) is 11.3. The van der Waals surface area contributed by atoms with Gasteiger partial charge >= 0.3 is 0 Å². The van der Waals surface area contributed by atoms with Crippen molar-refractivity contribution in [3.05, 3.63) is 131 Å². The Hall–Kier alpha value is -4.42. The van der Waals surface area contributed by atoms with Crippen molar-refractivity contribution in [3.63, 3.8) is 0 Å². The van der Waals surface area contributed by atoms with Gasteiger partial charge in [-0.1, -0.05) is 78.4 Å². The third kappa shape index (κ3) is 4.72. The smallest absolute Gasteiger partial charge is 0.256 e. The molecular formula is C30H21FN2O2S. The summed E-state index contributed by atoms with van der Waals surface area (Å²) in [7, 11) is 0. The number of thiazole rings is 1. The first-order valence-corrected chi connectivity index (χ1v) is 12.2. The maximum Gasteiger partial charge on any atom is 0.256 e. The SMILES string of the molecule is Cc1ccc(C(=O)c2ccccc2C(=O)Nc2ccccc2-c2csc(-c3ccccc3F)n2)cc1. The molecule has 4 nitrogen and oxygen atoms in total. The van der Waals surface area contributed by atoms with E-state index in [4.69, 9.17) is 0 Å². The first-order chi connectivity index (χ1) is 17.5. The Balaban J connectivity index is 1.45. The van der Waals surface area contributed by atoms with E-state index in [-0.39, 0.29) is 17.2 Å². The number of amides is 1. The van der Waals surface area contributed by atoms with Gasteiger partial charge in [-0.2, -0.15) is 0 Å². The standard InChI is InChI=1S/C30H21FN2O2S/c1-19-14-16-20(17-15-19)28(34)21-8-2-3-9-22(21)29(35)32-26-13-7-5-11-24(26)27-18-36-30(33-27)23-10-4-6-12-25(23)31/h2-18H,1H3,(H,32,35). The molecule has 0 spiro atoms. The lowest BCUT2D eigenvalue weighted by Crippen LogP contribution is -2.17. The van der Waals surface area contributed by atoms with Gasteiger partial charge in [0.05, 0.1) is 16.9 Å². The van der Waals surface area contributed by atoms with Crippen LogP contribution in [0.15, 0.2) is 102 Å². The lowest BCUT2D eigenvalue weighted by Gasteiger charge is -2.12. The van der Waals surface area contributed by atoms with E-state index in [0.29, 0.717) is 38.6 Å². The predicted molar refractivity (Wildman–Crippen MR) is 142 cm³/mol. The molecule has 0 aliphatic rings. The molecule has 0 aliphatic carbocycles. The fourth-order valence-corrected chi connectivity index (χ4v) is 4.75. The van der Waals surface area contributed by atoms with Gasteiger partial charge in [-0.25, -0.2) is 9.37 Å². The summed E-state index contributed by atoms with van der Waals surface area (Å²) >= 11 is 1.33. The number of hydrogen-bond acceptors (Lipinski definition) is 4. The summed E-state index contributed by atoms with van der Waals surface area (Å²) in [5.41, 5.74) is 4.48. The van der Waals surface area contributed by atoms with Crippen molar-refractivity contribution >= 4 is 28.7 Å². The first kappa shape index (κ1) is 23.3. The average Bonchev–Trinajstić information content (AvgIpc) is 3.39. The van der Waals surface area contributed by atoms with Crippen molar-refractivity contribution in [1.82, 2.24) is 4.98 Å². The molecule has 0 unspecified atom stereocenters. The molecule has 1 heterocycles. The second-order valence-electron chi connectivity index (χ2n) is 8.26. The highest BCUT2D eigenvalue weighted by atomic mass is 32.1. The Morgan fingerprint density at radius 2 is 1.42 bits per heavy atom. The number of aryl methyl sites for hydroxylation is 1. The summed E-state index contributed by atoms with van der Waals surface area (Å²) in [4.78, 5) is 31.1. The van der Waals surface area contributed by atoms with Gasteiger partial charge in [-0.3, -0.25) is 9.59 Å². The number of benzene rings is 4. The van der Waals surface area contributed by atoms with E-state index in [1.165, 1.54) is 17.4 Å². The van der Waals surface area contributed by atoms with Gasteiger partial charge in [0.25, 0.3) is 5.91 Å². The molecule has 0 saturated carbocycles. The van der Waals surface area contributed by atoms with Crippen molar-refractivity contribution in [1.29, 1.82) is 0 Å². The second-order valence-corrected chi connectivity index (χ2v) is 9.12. The fraction of sp³-hybridized carbons (Fsp3) is 0.0333. The van der Waals surface area contributed by atoms with Crippen LogP contribution in [0.1, 0.15) is 31.8 Å². The van der Waals surface area contributed by atoms with Crippen LogP contribution in [0, 0.1) is 12.7 Å². The zero-order valence-electron chi connectivity index (χ0n) is 19.4. The molecule has 1 N–H and O–H groups in total. The maximum absolute atomic E-state index is 14.3. The van der Waals surface area contributed by atoms with Crippen molar-refractivity contribution in [3.8, 4) is 21.8 Å². The van der Waals surface area contributed by atoms with Gasteiger partial charge < -0.3 is 5.32 Å². The molecule has 0 radical (unpaired) electrons. The van der Waals surface area contributed by atoms with Crippen LogP contribution in [-0.2, 0) is 0 Å². The van der Waals surface area contributed by atoms with E-state index < -0.39 is 5.91 Å². The normalized spacial score (nSPS) is 10.7. The minimum absolute atomic E-state index is 0.219. The van der Waals surface area contributed by atoms with Crippen LogP contribution >= 0.6 is 11.3 Å². The molecule has 0 aliphatic heterocycles. The second kappa shape index (κ2) is 10.1. The number of nitrogens with zero attached hydrogens (tertiary/aromatic N) is 1.